The maximum atomic E-state index is 13.5. The highest BCUT2D eigenvalue weighted by atomic mass is 32.2. The van der Waals surface area contributed by atoms with E-state index in [9.17, 15) is 18.0 Å². The number of fused-ring (bicyclic) bond motifs is 1. The Labute approximate surface area is 225 Å². The van der Waals surface area contributed by atoms with E-state index in [4.69, 9.17) is 4.74 Å². The minimum Gasteiger partial charge on any atom is -0.482 e. The first kappa shape index (κ1) is 26.6. The van der Waals surface area contributed by atoms with Crippen LogP contribution in [0.4, 0.5) is 5.69 Å². The second kappa shape index (κ2) is 11.0. The summed E-state index contributed by atoms with van der Waals surface area (Å²) in [5.41, 5.74) is 1.57. The van der Waals surface area contributed by atoms with Gasteiger partial charge in [-0.05, 0) is 42.0 Å². The lowest BCUT2D eigenvalue weighted by atomic mass is 9.94. The van der Waals surface area contributed by atoms with Gasteiger partial charge in [-0.25, -0.2) is 8.42 Å². The van der Waals surface area contributed by atoms with Crippen molar-refractivity contribution in [1.29, 1.82) is 0 Å². The minimum atomic E-state index is -3.74. The molecule has 2 fully saturated rings. The van der Waals surface area contributed by atoms with Gasteiger partial charge in [0.25, 0.3) is 5.91 Å². The first-order valence-corrected chi connectivity index (χ1v) is 14.8. The van der Waals surface area contributed by atoms with Crippen LogP contribution < -0.4 is 9.64 Å². The van der Waals surface area contributed by atoms with Crippen LogP contribution in [0, 0.1) is 11.8 Å². The Kier molecular flexibility index (Phi) is 7.74. The topological polar surface area (TPSA) is 90.5 Å². The van der Waals surface area contributed by atoms with Crippen molar-refractivity contribution in [3.05, 3.63) is 54.1 Å². The van der Waals surface area contributed by atoms with Crippen molar-refractivity contribution in [2.45, 2.75) is 31.7 Å². The second-order valence-corrected chi connectivity index (χ2v) is 12.7. The Bertz CT molecular complexity index is 1270. The summed E-state index contributed by atoms with van der Waals surface area (Å²) in [7, 11) is -3.74. The van der Waals surface area contributed by atoms with Crippen molar-refractivity contribution >= 4 is 27.5 Å². The van der Waals surface area contributed by atoms with Crippen molar-refractivity contribution in [2.75, 3.05) is 57.3 Å². The molecule has 2 saturated heterocycles. The molecule has 2 atom stereocenters. The third-order valence-electron chi connectivity index (χ3n) is 7.61. The third-order valence-corrected chi connectivity index (χ3v) is 9.44. The first-order valence-electron chi connectivity index (χ1n) is 13.3. The van der Waals surface area contributed by atoms with E-state index in [0.717, 1.165) is 26.1 Å². The Morgan fingerprint density at radius 3 is 2.34 bits per heavy atom. The average Bonchev–Trinajstić information content (AvgIpc) is 2.90. The molecule has 0 aromatic heterocycles. The maximum Gasteiger partial charge on any atom is 0.265 e. The van der Waals surface area contributed by atoms with E-state index in [2.05, 4.69) is 30.9 Å². The highest BCUT2D eigenvalue weighted by molar-refractivity contribution is 7.89. The van der Waals surface area contributed by atoms with Crippen LogP contribution in [0.2, 0.25) is 0 Å². The third kappa shape index (κ3) is 5.72. The van der Waals surface area contributed by atoms with Crippen LogP contribution in [0.3, 0.4) is 0 Å². The van der Waals surface area contributed by atoms with Gasteiger partial charge in [0, 0.05) is 45.8 Å². The van der Waals surface area contributed by atoms with Crippen LogP contribution in [0.15, 0.2) is 53.4 Å². The van der Waals surface area contributed by atoms with E-state index < -0.39 is 10.0 Å². The summed E-state index contributed by atoms with van der Waals surface area (Å²) in [6.45, 7) is 8.24. The molecule has 9 nitrogen and oxygen atoms in total. The summed E-state index contributed by atoms with van der Waals surface area (Å²) in [5.74, 6) is 0.446. The molecule has 0 radical (unpaired) electrons. The molecule has 0 aliphatic carbocycles. The van der Waals surface area contributed by atoms with Gasteiger partial charge in [-0.15, -0.1) is 0 Å². The molecule has 0 N–H and O–H groups in total. The van der Waals surface area contributed by atoms with Crippen molar-refractivity contribution in [3.63, 3.8) is 0 Å². The predicted molar refractivity (Wildman–Crippen MR) is 144 cm³/mol. The number of nitrogens with zero attached hydrogens (tertiary/aromatic N) is 4. The quantitative estimate of drug-likeness (QED) is 0.559. The number of anilines is 1. The first-order chi connectivity index (χ1) is 18.2. The standard InChI is InChI=1S/C28H36N4O5S/c1-21-14-22(2)17-31(16-21)38(35,36)24-8-9-26-25(15-24)32(28(34)20-37-26)19-27(33)30-12-10-29(11-13-30)18-23-6-4-3-5-7-23/h3-9,15,21-22H,10-14,16-20H2,1-2H3/t21-,22-/m0/s1. The monoisotopic (exact) mass is 540 g/mol. The van der Waals surface area contributed by atoms with E-state index in [1.165, 1.54) is 26.9 Å². The van der Waals surface area contributed by atoms with Gasteiger partial charge in [-0.1, -0.05) is 44.2 Å². The SMILES string of the molecule is C[C@H]1C[C@H](C)CN(S(=O)(=O)c2ccc3c(c2)N(CC(=O)N2CCN(Cc4ccccc4)CC2)C(=O)CO3)C1. The molecular weight excluding hydrogens is 504 g/mol. The van der Waals surface area contributed by atoms with Crippen molar-refractivity contribution in [3.8, 4) is 5.75 Å². The fourth-order valence-electron chi connectivity index (χ4n) is 5.70. The smallest absolute Gasteiger partial charge is 0.265 e. The Morgan fingerprint density at radius 2 is 1.66 bits per heavy atom. The van der Waals surface area contributed by atoms with Gasteiger partial charge in [0.2, 0.25) is 15.9 Å². The molecule has 3 aliphatic rings. The fourth-order valence-corrected chi connectivity index (χ4v) is 7.40. The fraction of sp³-hybridized carbons (Fsp3) is 0.500. The van der Waals surface area contributed by atoms with Crippen LogP contribution in [0.1, 0.15) is 25.8 Å². The molecule has 3 heterocycles. The number of benzene rings is 2. The summed E-state index contributed by atoms with van der Waals surface area (Å²) >= 11 is 0. The maximum absolute atomic E-state index is 13.5. The number of piperazine rings is 1. The molecule has 0 unspecified atom stereocenters. The number of sulfonamides is 1. The van der Waals surface area contributed by atoms with E-state index in [1.54, 1.807) is 11.0 Å². The lowest BCUT2D eigenvalue weighted by Crippen LogP contribution is -2.52. The Morgan fingerprint density at radius 1 is 0.974 bits per heavy atom. The average molecular weight is 541 g/mol. The van der Waals surface area contributed by atoms with Crippen molar-refractivity contribution in [2.24, 2.45) is 11.8 Å². The molecule has 0 spiro atoms. The molecule has 0 bridgehead atoms. The van der Waals surface area contributed by atoms with Gasteiger partial charge in [0.15, 0.2) is 6.61 Å². The number of amides is 2. The molecule has 204 valence electrons. The minimum absolute atomic E-state index is 0.114. The number of hydrogen-bond acceptors (Lipinski definition) is 6. The number of carbonyl (C=O) groups is 2. The van der Waals surface area contributed by atoms with E-state index in [1.807, 2.05) is 18.2 Å². The number of ether oxygens (including phenoxy) is 1. The Balaban J connectivity index is 1.28. The summed E-state index contributed by atoms with van der Waals surface area (Å²) in [5, 5.41) is 0. The second-order valence-electron chi connectivity index (χ2n) is 10.8. The molecule has 2 amide bonds. The van der Waals surface area contributed by atoms with Crippen molar-refractivity contribution in [1.82, 2.24) is 14.1 Å². The van der Waals surface area contributed by atoms with Crippen LogP contribution in [0.25, 0.3) is 0 Å². The van der Waals surface area contributed by atoms with Gasteiger partial charge in [-0.2, -0.15) is 4.31 Å². The summed E-state index contributed by atoms with van der Waals surface area (Å²) in [6, 6.07) is 14.8. The molecule has 10 heteroatoms. The summed E-state index contributed by atoms with van der Waals surface area (Å²) < 4.78 is 34.1. The molecule has 0 saturated carbocycles. The molecule has 38 heavy (non-hydrogen) atoms. The largest absolute Gasteiger partial charge is 0.482 e. The number of carbonyl (C=O) groups excluding carboxylic acids is 2. The van der Waals surface area contributed by atoms with E-state index in [0.29, 0.717) is 37.6 Å². The van der Waals surface area contributed by atoms with Crippen LogP contribution in [-0.4, -0.2) is 86.8 Å². The summed E-state index contributed by atoms with van der Waals surface area (Å²) in [6.07, 6.45) is 0.995. The molecule has 3 aliphatic heterocycles. The zero-order valence-corrected chi connectivity index (χ0v) is 22.9. The van der Waals surface area contributed by atoms with Gasteiger partial charge in [0.05, 0.1) is 10.6 Å². The number of rotatable bonds is 6. The van der Waals surface area contributed by atoms with E-state index in [-0.39, 0.29) is 41.7 Å². The highest BCUT2D eigenvalue weighted by Gasteiger charge is 2.35. The lowest BCUT2D eigenvalue weighted by Gasteiger charge is -2.37. The van der Waals surface area contributed by atoms with Crippen LogP contribution in [0.5, 0.6) is 5.75 Å². The zero-order chi connectivity index (χ0) is 26.9. The molecule has 2 aromatic carbocycles. The Hall–Kier alpha value is -2.95. The van der Waals surface area contributed by atoms with Crippen LogP contribution in [-0.2, 0) is 26.2 Å². The highest BCUT2D eigenvalue weighted by Crippen LogP contribution is 2.36. The number of piperidine rings is 1. The molecule has 5 rings (SSSR count). The molecular formula is C28H36N4O5S. The van der Waals surface area contributed by atoms with Gasteiger partial charge in [-0.3, -0.25) is 19.4 Å². The normalized spacial score (nSPS) is 23.2. The van der Waals surface area contributed by atoms with Gasteiger partial charge < -0.3 is 9.64 Å². The number of hydrogen-bond donors (Lipinski definition) is 0. The van der Waals surface area contributed by atoms with Gasteiger partial charge >= 0.3 is 0 Å². The van der Waals surface area contributed by atoms with E-state index >= 15 is 0 Å². The van der Waals surface area contributed by atoms with Gasteiger partial charge in [0.1, 0.15) is 12.3 Å². The predicted octanol–water partition coefficient (Wildman–Crippen LogP) is 2.42. The van der Waals surface area contributed by atoms with Crippen LogP contribution >= 0.6 is 0 Å². The zero-order valence-electron chi connectivity index (χ0n) is 22.1. The van der Waals surface area contributed by atoms with Crippen molar-refractivity contribution < 1.29 is 22.7 Å². The lowest BCUT2D eigenvalue weighted by molar-refractivity contribution is -0.133. The summed E-state index contributed by atoms with van der Waals surface area (Å²) in [4.78, 5) is 31.7. The molecule has 2 aromatic rings.